The van der Waals surface area contributed by atoms with Crippen LogP contribution >= 0.6 is 0 Å². The summed E-state index contributed by atoms with van der Waals surface area (Å²) in [5.41, 5.74) is 0.549. The summed E-state index contributed by atoms with van der Waals surface area (Å²) in [6.07, 6.45) is 3.21. The van der Waals surface area contributed by atoms with Gasteiger partial charge in [0.25, 0.3) is 0 Å². The zero-order valence-electron chi connectivity index (χ0n) is 14.9. The first-order valence-electron chi connectivity index (χ1n) is 8.83. The van der Waals surface area contributed by atoms with Crippen molar-refractivity contribution in [3.8, 4) is 11.4 Å². The largest absolute Gasteiger partial charge is 0.338 e. The second-order valence-corrected chi connectivity index (χ2v) is 7.01. The van der Waals surface area contributed by atoms with Crippen molar-refractivity contribution in [2.75, 3.05) is 6.54 Å². The van der Waals surface area contributed by atoms with E-state index in [0.717, 1.165) is 25.8 Å². The Labute approximate surface area is 147 Å². The summed E-state index contributed by atoms with van der Waals surface area (Å²) in [5.74, 6) is 0.0266. The normalized spacial score (nSPS) is 19.2. The third-order valence-corrected chi connectivity index (χ3v) is 4.73. The Morgan fingerprint density at radius 3 is 2.80 bits per heavy atom. The maximum Gasteiger partial charge on any atom is 0.249 e. The van der Waals surface area contributed by atoms with Crippen LogP contribution in [0.15, 0.2) is 24.3 Å². The molecule has 1 aliphatic rings. The number of carbonyl (C=O) groups excluding carboxylic acids is 1. The first kappa shape index (κ1) is 17.5. The first-order chi connectivity index (χ1) is 12.0. The molecule has 1 aliphatic heterocycles. The highest BCUT2D eigenvalue weighted by molar-refractivity contribution is 5.81. The lowest BCUT2D eigenvalue weighted by atomic mass is 9.98. The molecular weight excluding hydrogens is 321 g/mol. The topological polar surface area (TPSA) is 63.9 Å². The molecule has 7 heteroatoms. The van der Waals surface area contributed by atoms with Crippen LogP contribution in [0.4, 0.5) is 4.39 Å². The van der Waals surface area contributed by atoms with E-state index in [1.165, 1.54) is 16.9 Å². The van der Waals surface area contributed by atoms with Gasteiger partial charge in [0.1, 0.15) is 5.82 Å². The van der Waals surface area contributed by atoms with Gasteiger partial charge in [-0.2, -0.15) is 4.80 Å². The fourth-order valence-electron chi connectivity index (χ4n) is 3.33. The summed E-state index contributed by atoms with van der Waals surface area (Å²) in [7, 11) is 0. The standard InChI is InChI=1S/C18H24FN5O/c1-12(2)16(18(25)23-10-5-4-7-13(23)3)24-21-17(20-22-24)14-8-6-9-15(19)11-14/h6,8-9,11-13,16H,4-5,7,10H2,1-3H3. The summed E-state index contributed by atoms with van der Waals surface area (Å²) >= 11 is 0. The van der Waals surface area contributed by atoms with Gasteiger partial charge in [0.15, 0.2) is 6.04 Å². The molecule has 1 fully saturated rings. The molecule has 0 aliphatic carbocycles. The van der Waals surface area contributed by atoms with Gasteiger partial charge in [0.05, 0.1) is 0 Å². The molecule has 2 aromatic rings. The minimum absolute atomic E-state index is 0.0242. The monoisotopic (exact) mass is 345 g/mol. The van der Waals surface area contributed by atoms with Crippen molar-refractivity contribution in [2.24, 2.45) is 5.92 Å². The van der Waals surface area contributed by atoms with Gasteiger partial charge in [-0.15, -0.1) is 10.2 Å². The summed E-state index contributed by atoms with van der Waals surface area (Å²) in [4.78, 5) is 16.4. The number of tetrazole rings is 1. The number of hydrogen-bond acceptors (Lipinski definition) is 4. The molecule has 6 nitrogen and oxygen atoms in total. The zero-order chi connectivity index (χ0) is 18.0. The van der Waals surface area contributed by atoms with Crippen molar-refractivity contribution in [2.45, 2.75) is 52.1 Å². The fraction of sp³-hybridized carbons (Fsp3) is 0.556. The Morgan fingerprint density at radius 2 is 2.12 bits per heavy atom. The van der Waals surface area contributed by atoms with Crippen molar-refractivity contribution in [1.29, 1.82) is 0 Å². The van der Waals surface area contributed by atoms with E-state index < -0.39 is 6.04 Å². The van der Waals surface area contributed by atoms with Crippen molar-refractivity contribution < 1.29 is 9.18 Å². The van der Waals surface area contributed by atoms with Gasteiger partial charge >= 0.3 is 0 Å². The smallest absolute Gasteiger partial charge is 0.249 e. The minimum Gasteiger partial charge on any atom is -0.338 e. The van der Waals surface area contributed by atoms with Gasteiger partial charge in [-0.3, -0.25) is 4.79 Å². The predicted molar refractivity (Wildman–Crippen MR) is 92.1 cm³/mol. The Hall–Kier alpha value is -2.31. The van der Waals surface area contributed by atoms with Gasteiger partial charge in [-0.25, -0.2) is 4.39 Å². The number of carbonyl (C=O) groups is 1. The van der Waals surface area contributed by atoms with Gasteiger partial charge in [0, 0.05) is 18.2 Å². The van der Waals surface area contributed by atoms with Gasteiger partial charge in [-0.05, 0) is 49.5 Å². The maximum atomic E-state index is 13.4. The third-order valence-electron chi connectivity index (χ3n) is 4.73. The molecule has 0 N–H and O–H groups in total. The molecule has 1 aromatic carbocycles. The molecule has 1 aromatic heterocycles. The number of benzene rings is 1. The predicted octanol–water partition coefficient (Wildman–Crippen LogP) is 3.08. The molecule has 25 heavy (non-hydrogen) atoms. The average molecular weight is 345 g/mol. The SMILES string of the molecule is CC(C)C(C(=O)N1CCCCC1C)n1nnc(-c2cccc(F)c2)n1. The number of hydrogen-bond donors (Lipinski definition) is 0. The van der Waals surface area contributed by atoms with Gasteiger partial charge in [0.2, 0.25) is 11.7 Å². The molecule has 1 saturated heterocycles. The van der Waals surface area contributed by atoms with Crippen LogP contribution < -0.4 is 0 Å². The van der Waals surface area contributed by atoms with Crippen LogP contribution in [-0.4, -0.2) is 43.6 Å². The highest BCUT2D eigenvalue weighted by Gasteiger charge is 2.34. The highest BCUT2D eigenvalue weighted by Crippen LogP contribution is 2.25. The molecule has 2 unspecified atom stereocenters. The van der Waals surface area contributed by atoms with Crippen molar-refractivity contribution in [3.63, 3.8) is 0 Å². The molecule has 0 saturated carbocycles. The van der Waals surface area contributed by atoms with E-state index in [1.54, 1.807) is 12.1 Å². The number of halogens is 1. The van der Waals surface area contributed by atoms with Crippen LogP contribution in [0, 0.1) is 11.7 Å². The first-order valence-corrected chi connectivity index (χ1v) is 8.83. The summed E-state index contributed by atoms with van der Waals surface area (Å²) in [6, 6.07) is 5.78. The van der Waals surface area contributed by atoms with E-state index >= 15 is 0 Å². The molecule has 2 atom stereocenters. The van der Waals surface area contributed by atoms with Gasteiger partial charge in [-0.1, -0.05) is 26.0 Å². The molecule has 0 bridgehead atoms. The van der Waals surface area contributed by atoms with Gasteiger partial charge < -0.3 is 4.90 Å². The van der Waals surface area contributed by atoms with E-state index in [-0.39, 0.29) is 23.7 Å². The average Bonchev–Trinajstić information content (AvgIpc) is 3.04. The third kappa shape index (κ3) is 3.70. The van der Waals surface area contributed by atoms with E-state index in [1.807, 2.05) is 18.7 Å². The summed E-state index contributed by atoms with van der Waals surface area (Å²) in [5, 5.41) is 12.5. The zero-order valence-corrected chi connectivity index (χ0v) is 14.9. The van der Waals surface area contributed by atoms with Crippen LogP contribution in [0.25, 0.3) is 11.4 Å². The van der Waals surface area contributed by atoms with Crippen LogP contribution in [0.5, 0.6) is 0 Å². The summed E-state index contributed by atoms with van der Waals surface area (Å²) < 4.78 is 13.4. The summed E-state index contributed by atoms with van der Waals surface area (Å²) in [6.45, 7) is 6.81. The number of likely N-dealkylation sites (tertiary alicyclic amines) is 1. The Kier molecular flexibility index (Phi) is 5.11. The van der Waals surface area contributed by atoms with Crippen LogP contribution in [-0.2, 0) is 4.79 Å². The molecule has 134 valence electrons. The lowest BCUT2D eigenvalue weighted by molar-refractivity contribution is -0.140. The van der Waals surface area contributed by atoms with Crippen molar-refractivity contribution in [1.82, 2.24) is 25.1 Å². The van der Waals surface area contributed by atoms with Crippen molar-refractivity contribution in [3.05, 3.63) is 30.1 Å². The Balaban J connectivity index is 1.87. The second kappa shape index (κ2) is 7.29. The quantitative estimate of drug-likeness (QED) is 0.854. The van der Waals surface area contributed by atoms with Crippen LogP contribution in [0.1, 0.15) is 46.1 Å². The van der Waals surface area contributed by atoms with Crippen LogP contribution in [0.2, 0.25) is 0 Å². The number of aromatic nitrogens is 4. The Morgan fingerprint density at radius 1 is 1.32 bits per heavy atom. The lowest BCUT2D eigenvalue weighted by Crippen LogP contribution is -2.47. The number of piperidine rings is 1. The Bertz CT molecular complexity index is 745. The number of rotatable bonds is 4. The van der Waals surface area contributed by atoms with E-state index in [2.05, 4.69) is 22.3 Å². The second-order valence-electron chi connectivity index (χ2n) is 7.01. The number of amides is 1. The molecule has 2 heterocycles. The molecule has 0 radical (unpaired) electrons. The molecule has 3 rings (SSSR count). The van der Waals surface area contributed by atoms with E-state index in [0.29, 0.717) is 11.4 Å². The van der Waals surface area contributed by atoms with E-state index in [9.17, 15) is 9.18 Å². The highest BCUT2D eigenvalue weighted by atomic mass is 19.1. The lowest BCUT2D eigenvalue weighted by Gasteiger charge is -2.36. The maximum absolute atomic E-state index is 13.4. The molecule has 1 amide bonds. The number of nitrogens with zero attached hydrogens (tertiary/aromatic N) is 5. The van der Waals surface area contributed by atoms with Crippen molar-refractivity contribution >= 4 is 5.91 Å². The molecule has 0 spiro atoms. The minimum atomic E-state index is -0.504. The fourth-order valence-corrected chi connectivity index (χ4v) is 3.33. The van der Waals surface area contributed by atoms with Crippen LogP contribution in [0.3, 0.4) is 0 Å². The molecular formula is C18H24FN5O. The van der Waals surface area contributed by atoms with E-state index in [4.69, 9.17) is 0 Å².